The van der Waals surface area contributed by atoms with Gasteiger partial charge in [-0.3, -0.25) is 67.3 Å². The molecule has 3 aliphatic heterocycles. The highest BCUT2D eigenvalue weighted by atomic mass is 16.8. The first-order valence-corrected chi connectivity index (χ1v) is 30.7. The molecule has 12 N–H and O–H groups in total. The number of nitrogens with two attached hydrogens (primary N) is 4. The molecule has 0 bridgehead atoms. The number of rotatable bonds is 38. The summed E-state index contributed by atoms with van der Waals surface area (Å²) < 4.78 is 92.9. The maximum absolute atomic E-state index is 14.1. The second-order valence-corrected chi connectivity index (χ2v) is 22.2. The van der Waals surface area contributed by atoms with E-state index in [-0.39, 0.29) is 57.7 Å². The number of carboxylic acids is 1. The van der Waals surface area contributed by atoms with Crippen molar-refractivity contribution in [3.8, 4) is 0 Å². The van der Waals surface area contributed by atoms with Gasteiger partial charge < -0.3 is 120 Å². The van der Waals surface area contributed by atoms with Crippen molar-refractivity contribution in [2.45, 2.75) is 231 Å². The minimum absolute atomic E-state index is 0.0200. The topological polar surface area (TPSA) is 559 Å². The standard InChI is InChI=1S/C58H90N8O31/c1-26(67)82-22-39-43(86-29(4)70)46(87-30(5)71)50(91-34(9)75)56(94-39)97-45-41(24-84-28(3)69)95-57(51(92-35(10)76)48(45)89-32(7)73)96-44-40(23-83-27(2)68)93-55(49(90-33(8)74)47(44)88-31(6)72)85-25-42(77)64-36(16-11-13-19-59)52(78)65-37(17-12-14-20-60)53(79)66-38(54(80)81)18-15-21-63-58(61)62/h36-41,43-51,55-57H,11-25,59-60H2,1-10H3,(H,64,77)(H,65,78)(H,66,79)(H,80,81)(H4,61,62,63). The van der Waals surface area contributed by atoms with Gasteiger partial charge in [-0.05, 0) is 64.5 Å². The van der Waals surface area contributed by atoms with Crippen LogP contribution in [0, 0.1) is 0 Å². The molecule has 0 radical (unpaired) electrons. The molecular formula is C58H90N8O31. The third kappa shape index (κ3) is 29.0. The molecule has 39 heteroatoms. The molecule has 3 saturated heterocycles. The van der Waals surface area contributed by atoms with Crippen LogP contribution in [0.2, 0.25) is 0 Å². The van der Waals surface area contributed by atoms with E-state index in [9.17, 15) is 72.2 Å². The average Bonchev–Trinajstić information content (AvgIpc) is 0.772. The monoisotopic (exact) mass is 1390 g/mol. The number of guanidine groups is 1. The lowest BCUT2D eigenvalue weighted by atomic mass is 9.95. The quantitative estimate of drug-likeness (QED) is 0.00960. The highest BCUT2D eigenvalue weighted by Gasteiger charge is 2.60. The molecule has 3 amide bonds. The van der Waals surface area contributed by atoms with Gasteiger partial charge in [0.05, 0.1) is 0 Å². The van der Waals surface area contributed by atoms with Crippen molar-refractivity contribution in [2.24, 2.45) is 27.9 Å². The van der Waals surface area contributed by atoms with Gasteiger partial charge >= 0.3 is 65.7 Å². The maximum Gasteiger partial charge on any atom is 0.326 e. The number of carbonyl (C=O) groups excluding carboxylic acids is 13. The summed E-state index contributed by atoms with van der Waals surface area (Å²) in [7, 11) is 0. The molecule has 3 aliphatic rings. The molecule has 548 valence electrons. The van der Waals surface area contributed by atoms with E-state index in [4.69, 9.17) is 98.7 Å². The summed E-state index contributed by atoms with van der Waals surface area (Å²) in [6.45, 7) is 6.30. The third-order valence-electron chi connectivity index (χ3n) is 13.9. The predicted octanol–water partition coefficient (Wildman–Crippen LogP) is -3.99. The largest absolute Gasteiger partial charge is 0.480 e. The number of carboxylic acid groups (broad SMARTS) is 1. The van der Waals surface area contributed by atoms with Gasteiger partial charge in [-0.1, -0.05) is 0 Å². The molecular weight excluding hydrogens is 1300 g/mol. The van der Waals surface area contributed by atoms with E-state index in [0.29, 0.717) is 19.3 Å². The molecule has 97 heavy (non-hydrogen) atoms. The second kappa shape index (κ2) is 41.6. The van der Waals surface area contributed by atoms with Crippen molar-refractivity contribution >= 4 is 89.3 Å². The Kier molecular flexibility index (Phi) is 35.5. The van der Waals surface area contributed by atoms with Crippen molar-refractivity contribution in [1.29, 1.82) is 0 Å². The maximum atomic E-state index is 14.1. The number of amides is 3. The van der Waals surface area contributed by atoms with E-state index in [0.717, 1.165) is 69.2 Å². The fourth-order valence-corrected chi connectivity index (χ4v) is 10.1. The normalized spacial score (nSPS) is 26.0. The van der Waals surface area contributed by atoms with Crippen molar-refractivity contribution in [1.82, 2.24) is 16.0 Å². The number of aliphatic imine (C=N–C) groups is 1. The summed E-state index contributed by atoms with van der Waals surface area (Å²) in [6.07, 6.45) is -27.9. The molecule has 0 saturated carbocycles. The number of carbonyl (C=O) groups is 14. The zero-order chi connectivity index (χ0) is 72.8. The number of aliphatic carboxylic acids is 1. The zero-order valence-corrected chi connectivity index (χ0v) is 55.5. The molecule has 3 heterocycles. The van der Waals surface area contributed by atoms with Crippen LogP contribution in [0.25, 0.3) is 0 Å². The Bertz CT molecular complexity index is 2750. The highest BCUT2D eigenvalue weighted by molar-refractivity contribution is 5.93. The molecule has 0 aromatic rings. The minimum atomic E-state index is -2.19. The summed E-state index contributed by atoms with van der Waals surface area (Å²) in [5, 5.41) is 17.4. The number of unbranched alkanes of at least 4 members (excludes halogenated alkanes) is 2. The van der Waals surface area contributed by atoms with E-state index < -0.39 is 220 Å². The Balaban J connectivity index is 2.19. The van der Waals surface area contributed by atoms with Gasteiger partial charge in [-0.25, -0.2) is 4.79 Å². The van der Waals surface area contributed by atoms with Gasteiger partial charge in [0.25, 0.3) is 0 Å². The Labute approximate surface area is 556 Å². The first-order valence-electron chi connectivity index (χ1n) is 30.7. The summed E-state index contributed by atoms with van der Waals surface area (Å²) in [5.41, 5.74) is 22.2. The number of nitrogens with zero attached hydrogens (tertiary/aromatic N) is 1. The second-order valence-electron chi connectivity index (χ2n) is 22.2. The third-order valence-corrected chi connectivity index (χ3v) is 13.9. The summed E-state index contributed by atoms with van der Waals surface area (Å²) in [5.74, 6) is -14.8. The fourth-order valence-electron chi connectivity index (χ4n) is 10.1. The van der Waals surface area contributed by atoms with Gasteiger partial charge in [-0.15, -0.1) is 0 Å². The van der Waals surface area contributed by atoms with Gasteiger partial charge in [0.15, 0.2) is 67.6 Å². The Morgan fingerprint density at radius 2 is 0.722 bits per heavy atom. The van der Waals surface area contributed by atoms with Crippen LogP contribution in [-0.2, 0) is 143 Å². The number of nitrogens with one attached hydrogen (secondary N) is 3. The van der Waals surface area contributed by atoms with Gasteiger partial charge in [-0.2, -0.15) is 0 Å². The fraction of sp³-hybridized carbons (Fsp3) is 0.741. The predicted molar refractivity (Wildman–Crippen MR) is 320 cm³/mol. The minimum Gasteiger partial charge on any atom is -0.480 e. The lowest BCUT2D eigenvalue weighted by molar-refractivity contribution is -0.380. The van der Waals surface area contributed by atoms with Gasteiger partial charge in [0.1, 0.15) is 75.1 Å². The van der Waals surface area contributed by atoms with E-state index in [1.54, 1.807) is 0 Å². The van der Waals surface area contributed by atoms with Crippen LogP contribution >= 0.6 is 0 Å². The van der Waals surface area contributed by atoms with Crippen molar-refractivity contribution < 1.29 is 148 Å². The molecule has 0 aromatic heterocycles. The van der Waals surface area contributed by atoms with E-state index in [1.807, 2.05) is 0 Å². The van der Waals surface area contributed by atoms with Crippen LogP contribution in [0.15, 0.2) is 4.99 Å². The van der Waals surface area contributed by atoms with Crippen LogP contribution in [0.1, 0.15) is 121 Å². The van der Waals surface area contributed by atoms with Crippen molar-refractivity contribution in [3.05, 3.63) is 0 Å². The summed E-state index contributed by atoms with van der Waals surface area (Å²) >= 11 is 0. The lowest BCUT2D eigenvalue weighted by Crippen LogP contribution is -2.69. The Hall–Kier alpha value is -8.47. The van der Waals surface area contributed by atoms with Gasteiger partial charge in [0, 0.05) is 75.8 Å². The molecule has 18 unspecified atom stereocenters. The van der Waals surface area contributed by atoms with Crippen LogP contribution < -0.4 is 38.9 Å². The molecule has 3 fully saturated rings. The molecule has 0 aliphatic carbocycles. The van der Waals surface area contributed by atoms with Crippen molar-refractivity contribution in [2.75, 3.05) is 46.1 Å². The van der Waals surface area contributed by atoms with E-state index in [2.05, 4.69) is 20.9 Å². The van der Waals surface area contributed by atoms with Crippen molar-refractivity contribution in [3.63, 3.8) is 0 Å². The number of hydrogen-bond donors (Lipinski definition) is 8. The lowest BCUT2D eigenvalue weighted by Gasteiger charge is -2.50. The first kappa shape index (κ1) is 82.8. The SMILES string of the molecule is CC(=O)OCC1OC(OC2C(COC(C)=O)OC(OC3C(COC(C)=O)OC(OCC(=O)NC(CCCCN)C(=O)NC(CCCCN)C(=O)NC(CCCN=C(N)N)C(=O)O)C(OC(C)=O)C3OC(C)=O)C(OC(C)=O)C2OC(C)=O)C(OC(C)=O)C(OC(C)=O)C1OC(C)=O. The molecule has 0 spiro atoms. The van der Waals surface area contributed by atoms with Crippen LogP contribution in [-0.4, -0.2) is 251 Å². The summed E-state index contributed by atoms with van der Waals surface area (Å²) in [6, 6.07) is -4.21. The Morgan fingerprint density at radius 1 is 0.402 bits per heavy atom. The van der Waals surface area contributed by atoms with Crippen LogP contribution in [0.5, 0.6) is 0 Å². The van der Waals surface area contributed by atoms with E-state index in [1.165, 1.54) is 0 Å². The summed E-state index contributed by atoms with van der Waals surface area (Å²) in [4.78, 5) is 186. The smallest absolute Gasteiger partial charge is 0.326 e. The number of esters is 10. The van der Waals surface area contributed by atoms with Gasteiger partial charge in [0.2, 0.25) is 17.7 Å². The Morgan fingerprint density at radius 3 is 1.08 bits per heavy atom. The van der Waals surface area contributed by atoms with E-state index >= 15 is 0 Å². The first-order chi connectivity index (χ1) is 45.6. The van der Waals surface area contributed by atoms with Crippen LogP contribution in [0.4, 0.5) is 0 Å². The highest BCUT2D eigenvalue weighted by Crippen LogP contribution is 2.38. The zero-order valence-electron chi connectivity index (χ0n) is 55.5. The van der Waals surface area contributed by atoms with Crippen LogP contribution in [0.3, 0.4) is 0 Å². The molecule has 39 nitrogen and oxygen atoms in total. The molecule has 0 aromatic carbocycles. The molecule has 3 rings (SSSR count). The average molecular weight is 1400 g/mol. The number of ether oxygens (including phenoxy) is 16. The molecule has 18 atom stereocenters. The number of hydrogen-bond acceptors (Lipinski definition) is 33.